The van der Waals surface area contributed by atoms with E-state index in [1.807, 2.05) is 0 Å². The fourth-order valence-corrected chi connectivity index (χ4v) is 2.94. The SMILES string of the molecule is COc1ccc(NS(=O)(=O)c2ccc(OC(C)C)c(F)c2)cc1. The van der Waals surface area contributed by atoms with Crippen molar-refractivity contribution < 1.29 is 22.3 Å². The minimum atomic E-state index is -3.89. The normalized spacial score (nSPS) is 11.3. The molecule has 2 aromatic rings. The molecule has 0 radical (unpaired) electrons. The standard InChI is InChI=1S/C16H18FNO4S/c1-11(2)22-16-9-8-14(10-15(16)17)23(19,20)18-12-4-6-13(21-3)7-5-12/h4-11,18H,1-3H3. The Balaban J connectivity index is 2.23. The third-order valence-electron chi connectivity index (χ3n) is 2.92. The van der Waals surface area contributed by atoms with Crippen molar-refractivity contribution in [2.45, 2.75) is 24.8 Å². The highest BCUT2D eigenvalue weighted by Crippen LogP contribution is 2.24. The zero-order valence-corrected chi connectivity index (χ0v) is 13.9. The molecule has 0 heterocycles. The van der Waals surface area contributed by atoms with Crippen molar-refractivity contribution in [3.63, 3.8) is 0 Å². The first-order valence-corrected chi connectivity index (χ1v) is 8.43. The number of nitrogens with one attached hydrogen (secondary N) is 1. The summed E-state index contributed by atoms with van der Waals surface area (Å²) in [6.07, 6.45) is -0.204. The van der Waals surface area contributed by atoms with Crippen LogP contribution in [-0.2, 0) is 10.0 Å². The molecule has 0 aliphatic rings. The summed E-state index contributed by atoms with van der Waals surface area (Å²) in [6, 6.07) is 9.90. The van der Waals surface area contributed by atoms with E-state index < -0.39 is 15.8 Å². The predicted octanol–water partition coefficient (Wildman–Crippen LogP) is 3.42. The van der Waals surface area contributed by atoms with Gasteiger partial charge in [0.25, 0.3) is 10.0 Å². The second-order valence-corrected chi connectivity index (χ2v) is 6.78. The van der Waals surface area contributed by atoms with E-state index in [0.717, 1.165) is 6.07 Å². The summed E-state index contributed by atoms with van der Waals surface area (Å²) in [4.78, 5) is -0.179. The lowest BCUT2D eigenvalue weighted by Crippen LogP contribution is -2.14. The molecule has 0 amide bonds. The fourth-order valence-electron chi connectivity index (χ4n) is 1.87. The second-order valence-electron chi connectivity index (χ2n) is 5.09. The van der Waals surface area contributed by atoms with Gasteiger partial charge in [-0.25, -0.2) is 12.8 Å². The minimum Gasteiger partial charge on any atom is -0.497 e. The monoisotopic (exact) mass is 339 g/mol. The Hall–Kier alpha value is -2.28. The molecule has 0 unspecified atom stereocenters. The molecule has 0 saturated heterocycles. The molecular weight excluding hydrogens is 321 g/mol. The molecule has 2 rings (SSSR count). The summed E-state index contributed by atoms with van der Waals surface area (Å²) in [5, 5.41) is 0. The average Bonchev–Trinajstić information content (AvgIpc) is 2.49. The summed E-state index contributed by atoms with van der Waals surface area (Å²) < 4.78 is 51.2. The van der Waals surface area contributed by atoms with Crippen LogP contribution in [-0.4, -0.2) is 21.6 Å². The zero-order chi connectivity index (χ0) is 17.0. The number of rotatable bonds is 6. The van der Waals surface area contributed by atoms with Gasteiger partial charge in [-0.15, -0.1) is 0 Å². The van der Waals surface area contributed by atoms with Crippen molar-refractivity contribution in [3.05, 3.63) is 48.3 Å². The number of ether oxygens (including phenoxy) is 2. The number of benzene rings is 2. The van der Waals surface area contributed by atoms with Crippen LogP contribution in [0.25, 0.3) is 0 Å². The van der Waals surface area contributed by atoms with Crippen LogP contribution in [0.15, 0.2) is 47.4 Å². The van der Waals surface area contributed by atoms with E-state index in [9.17, 15) is 12.8 Å². The molecule has 1 N–H and O–H groups in total. The lowest BCUT2D eigenvalue weighted by Gasteiger charge is -2.12. The molecule has 0 bridgehead atoms. The van der Waals surface area contributed by atoms with E-state index in [1.165, 1.54) is 19.2 Å². The Morgan fingerprint density at radius 2 is 1.74 bits per heavy atom. The van der Waals surface area contributed by atoms with E-state index in [0.29, 0.717) is 11.4 Å². The van der Waals surface area contributed by atoms with Gasteiger partial charge in [-0.2, -0.15) is 0 Å². The number of hydrogen-bond donors (Lipinski definition) is 1. The van der Waals surface area contributed by atoms with Crippen molar-refractivity contribution in [1.29, 1.82) is 0 Å². The van der Waals surface area contributed by atoms with Crippen LogP contribution in [0.5, 0.6) is 11.5 Å². The summed E-state index contributed by atoms with van der Waals surface area (Å²) in [5.41, 5.74) is 0.355. The largest absolute Gasteiger partial charge is 0.497 e. The van der Waals surface area contributed by atoms with Gasteiger partial charge in [-0.05, 0) is 56.3 Å². The minimum absolute atomic E-state index is 0.0170. The first-order chi connectivity index (χ1) is 10.8. The molecule has 23 heavy (non-hydrogen) atoms. The number of hydrogen-bond acceptors (Lipinski definition) is 4. The Kier molecular flexibility index (Phi) is 5.10. The maximum atomic E-state index is 13.9. The van der Waals surface area contributed by atoms with Crippen LogP contribution in [0.4, 0.5) is 10.1 Å². The molecule has 0 fully saturated rings. The molecule has 5 nitrogen and oxygen atoms in total. The number of halogens is 1. The van der Waals surface area contributed by atoms with Crippen LogP contribution >= 0.6 is 0 Å². The highest BCUT2D eigenvalue weighted by atomic mass is 32.2. The van der Waals surface area contributed by atoms with Crippen molar-refractivity contribution in [3.8, 4) is 11.5 Å². The second kappa shape index (κ2) is 6.87. The molecule has 0 saturated carbocycles. The molecule has 0 aromatic heterocycles. The maximum Gasteiger partial charge on any atom is 0.262 e. The number of methoxy groups -OCH3 is 1. The van der Waals surface area contributed by atoms with Gasteiger partial charge in [0.2, 0.25) is 0 Å². The van der Waals surface area contributed by atoms with Crippen LogP contribution < -0.4 is 14.2 Å². The summed E-state index contributed by atoms with van der Waals surface area (Å²) in [5.74, 6) is -0.103. The fraction of sp³-hybridized carbons (Fsp3) is 0.250. The maximum absolute atomic E-state index is 13.9. The van der Waals surface area contributed by atoms with Crippen LogP contribution in [0.1, 0.15) is 13.8 Å². The summed E-state index contributed by atoms with van der Waals surface area (Å²) >= 11 is 0. The molecule has 2 aromatic carbocycles. The van der Waals surface area contributed by atoms with Gasteiger partial charge < -0.3 is 9.47 Å². The third-order valence-corrected chi connectivity index (χ3v) is 4.30. The lowest BCUT2D eigenvalue weighted by molar-refractivity contribution is 0.231. The van der Waals surface area contributed by atoms with Crippen molar-refractivity contribution in [2.24, 2.45) is 0 Å². The topological polar surface area (TPSA) is 64.6 Å². The Labute approximate surface area is 135 Å². The first-order valence-electron chi connectivity index (χ1n) is 6.95. The van der Waals surface area contributed by atoms with Crippen molar-refractivity contribution in [2.75, 3.05) is 11.8 Å². The van der Waals surface area contributed by atoms with Crippen molar-refractivity contribution in [1.82, 2.24) is 0 Å². The van der Waals surface area contributed by atoms with Gasteiger partial charge in [-0.1, -0.05) is 0 Å². The Bertz CT molecular complexity index is 773. The van der Waals surface area contributed by atoms with E-state index in [2.05, 4.69) is 4.72 Å². The smallest absolute Gasteiger partial charge is 0.262 e. The molecule has 0 atom stereocenters. The van der Waals surface area contributed by atoms with Gasteiger partial charge in [0, 0.05) is 5.69 Å². The third kappa shape index (κ3) is 4.35. The van der Waals surface area contributed by atoms with E-state index in [4.69, 9.17) is 9.47 Å². The molecular formula is C16H18FNO4S. The number of anilines is 1. The van der Waals surface area contributed by atoms with Gasteiger partial charge >= 0.3 is 0 Å². The van der Waals surface area contributed by atoms with Crippen LogP contribution in [0, 0.1) is 5.82 Å². The van der Waals surface area contributed by atoms with Crippen LogP contribution in [0.3, 0.4) is 0 Å². The van der Waals surface area contributed by atoms with Gasteiger partial charge in [-0.3, -0.25) is 4.72 Å². The molecule has 7 heteroatoms. The molecule has 0 aliphatic carbocycles. The predicted molar refractivity (Wildman–Crippen MR) is 86.0 cm³/mol. The van der Waals surface area contributed by atoms with Crippen LogP contribution in [0.2, 0.25) is 0 Å². The summed E-state index contributed by atoms with van der Waals surface area (Å²) in [6.45, 7) is 3.52. The molecule has 0 aliphatic heterocycles. The van der Waals surface area contributed by atoms with Gasteiger partial charge in [0.15, 0.2) is 11.6 Å². The van der Waals surface area contributed by atoms with Crippen molar-refractivity contribution >= 4 is 15.7 Å². The van der Waals surface area contributed by atoms with E-state index in [-0.39, 0.29) is 16.7 Å². The highest BCUT2D eigenvalue weighted by molar-refractivity contribution is 7.92. The lowest BCUT2D eigenvalue weighted by atomic mass is 10.3. The molecule has 0 spiro atoms. The van der Waals surface area contributed by atoms with Gasteiger partial charge in [0.1, 0.15) is 5.75 Å². The first kappa shape index (κ1) is 17.1. The quantitative estimate of drug-likeness (QED) is 0.876. The van der Waals surface area contributed by atoms with E-state index >= 15 is 0 Å². The average molecular weight is 339 g/mol. The molecule has 124 valence electrons. The van der Waals surface area contributed by atoms with E-state index in [1.54, 1.807) is 38.1 Å². The number of sulfonamides is 1. The summed E-state index contributed by atoms with van der Waals surface area (Å²) in [7, 11) is -2.37. The van der Waals surface area contributed by atoms with Gasteiger partial charge in [0.05, 0.1) is 18.1 Å². The highest BCUT2D eigenvalue weighted by Gasteiger charge is 2.17. The Morgan fingerprint density at radius 3 is 2.26 bits per heavy atom. The zero-order valence-electron chi connectivity index (χ0n) is 13.0. The Morgan fingerprint density at radius 1 is 1.09 bits per heavy atom.